The van der Waals surface area contributed by atoms with Gasteiger partial charge in [0.15, 0.2) is 0 Å². The van der Waals surface area contributed by atoms with Gasteiger partial charge in [-0.2, -0.15) is 0 Å². The maximum absolute atomic E-state index is 13.1. The number of hydrogen-bond donors (Lipinski definition) is 1. The van der Waals surface area contributed by atoms with E-state index in [1.165, 1.54) is 11.6 Å². The molecule has 0 amide bonds. The summed E-state index contributed by atoms with van der Waals surface area (Å²) in [5.74, 6) is 0.386. The van der Waals surface area contributed by atoms with Crippen LogP contribution in [0.15, 0.2) is 48.1 Å². The summed E-state index contributed by atoms with van der Waals surface area (Å²) in [4.78, 5) is 0. The smallest absolute Gasteiger partial charge is 0.123 e. The lowest BCUT2D eigenvalue weighted by atomic mass is 9.91. The van der Waals surface area contributed by atoms with Gasteiger partial charge in [0.2, 0.25) is 0 Å². The minimum Gasteiger partial charge on any atom is -0.342 e. The van der Waals surface area contributed by atoms with E-state index < -0.39 is 0 Å². The third-order valence-electron chi connectivity index (χ3n) is 3.35. The summed E-state index contributed by atoms with van der Waals surface area (Å²) in [6, 6.07) is 9.27. The summed E-state index contributed by atoms with van der Waals surface area (Å²) in [5, 5.41) is 2.86. The Hall–Kier alpha value is -2.01. The first kappa shape index (κ1) is 13.4. The Morgan fingerprint density at radius 3 is 3.00 bits per heavy atom. The number of allylic oxidation sites excluding steroid dienone is 2. The molecule has 1 nitrogen and oxygen atoms in total. The number of terminal acetylenes is 1. The molecule has 0 radical (unpaired) electrons. The fourth-order valence-electron chi connectivity index (χ4n) is 2.25. The zero-order chi connectivity index (χ0) is 13.5. The highest BCUT2D eigenvalue weighted by Gasteiger charge is 2.09. The van der Waals surface area contributed by atoms with Gasteiger partial charge in [-0.05, 0) is 48.4 Å². The summed E-state index contributed by atoms with van der Waals surface area (Å²) < 4.78 is 13.1. The van der Waals surface area contributed by atoms with Gasteiger partial charge in [-0.1, -0.05) is 36.8 Å². The summed E-state index contributed by atoms with van der Waals surface area (Å²) in [5.41, 5.74) is 2.30. The van der Waals surface area contributed by atoms with Crippen molar-refractivity contribution in [1.29, 1.82) is 0 Å². The first-order valence-electron chi connectivity index (χ1n) is 6.58. The zero-order valence-corrected chi connectivity index (χ0v) is 10.9. The monoisotopic (exact) mass is 255 g/mol. The van der Waals surface area contributed by atoms with Crippen LogP contribution in [0.4, 0.5) is 4.39 Å². The molecule has 0 bridgehead atoms. The van der Waals surface area contributed by atoms with Gasteiger partial charge in [0.1, 0.15) is 5.82 Å². The molecule has 1 aromatic carbocycles. The highest BCUT2D eigenvalue weighted by molar-refractivity contribution is 5.26. The third kappa shape index (κ3) is 4.30. The number of aryl methyl sites for hydroxylation is 1. The Morgan fingerprint density at radius 2 is 2.32 bits per heavy atom. The molecule has 2 heteroatoms. The number of benzene rings is 1. The molecular weight excluding hydrogens is 237 g/mol. The fourth-order valence-corrected chi connectivity index (χ4v) is 2.25. The lowest BCUT2D eigenvalue weighted by molar-refractivity contribution is 0.585. The number of halogens is 1. The minimum absolute atomic E-state index is 0.153. The Kier molecular flexibility index (Phi) is 4.80. The van der Waals surface area contributed by atoms with Crippen LogP contribution in [-0.4, -0.2) is 6.54 Å². The lowest BCUT2D eigenvalue weighted by Gasteiger charge is -2.16. The van der Waals surface area contributed by atoms with Crippen molar-refractivity contribution in [2.75, 3.05) is 6.54 Å². The maximum atomic E-state index is 13.1. The fraction of sp³-hybridized carbons (Fsp3) is 0.294. The van der Waals surface area contributed by atoms with Crippen LogP contribution in [-0.2, 0) is 6.42 Å². The molecule has 98 valence electrons. The predicted molar refractivity (Wildman–Crippen MR) is 76.9 cm³/mol. The molecule has 0 aromatic heterocycles. The Balaban J connectivity index is 1.79. The summed E-state index contributed by atoms with van der Waals surface area (Å²) in [6.07, 6.45) is 14.7. The molecule has 0 saturated heterocycles. The van der Waals surface area contributed by atoms with Crippen LogP contribution in [0.3, 0.4) is 0 Å². The second kappa shape index (κ2) is 6.80. The van der Waals surface area contributed by atoms with Crippen LogP contribution in [0.1, 0.15) is 18.4 Å². The van der Waals surface area contributed by atoms with Crippen LogP contribution in [0.5, 0.6) is 0 Å². The number of hydrogen-bond acceptors (Lipinski definition) is 1. The molecule has 0 saturated carbocycles. The van der Waals surface area contributed by atoms with Gasteiger partial charge in [0.05, 0.1) is 0 Å². The molecule has 2 rings (SSSR count). The molecular formula is C17H18FN. The van der Waals surface area contributed by atoms with Gasteiger partial charge in [-0.25, -0.2) is 4.39 Å². The van der Waals surface area contributed by atoms with Crippen molar-refractivity contribution >= 4 is 0 Å². The quantitative estimate of drug-likeness (QED) is 0.628. The summed E-state index contributed by atoms with van der Waals surface area (Å²) >= 11 is 0. The third-order valence-corrected chi connectivity index (χ3v) is 3.35. The average Bonchev–Trinajstić information content (AvgIpc) is 2.44. The van der Waals surface area contributed by atoms with Crippen LogP contribution >= 0.6 is 0 Å². The molecule has 1 unspecified atom stereocenters. The van der Waals surface area contributed by atoms with Crippen LogP contribution in [0, 0.1) is 24.2 Å². The molecule has 0 fully saturated rings. The van der Waals surface area contributed by atoms with Crippen molar-refractivity contribution in [1.82, 2.24) is 5.32 Å². The van der Waals surface area contributed by atoms with Gasteiger partial charge in [-0.3, -0.25) is 0 Å². The largest absolute Gasteiger partial charge is 0.342 e. The van der Waals surface area contributed by atoms with E-state index in [-0.39, 0.29) is 5.82 Å². The molecule has 0 aliphatic heterocycles. The number of rotatable bonds is 5. The van der Waals surface area contributed by atoms with E-state index in [1.54, 1.807) is 12.1 Å². The normalized spacial score (nSPS) is 17.7. The van der Waals surface area contributed by atoms with Crippen LogP contribution in [0.2, 0.25) is 0 Å². The first-order valence-corrected chi connectivity index (χ1v) is 6.58. The second-order valence-electron chi connectivity index (χ2n) is 4.80. The predicted octanol–water partition coefficient (Wildman–Crippen LogP) is 3.44. The van der Waals surface area contributed by atoms with Crippen LogP contribution < -0.4 is 5.32 Å². The molecule has 1 aromatic rings. The van der Waals surface area contributed by atoms with Gasteiger partial charge in [0, 0.05) is 12.6 Å². The molecule has 1 aliphatic carbocycles. The Labute approximate surface area is 114 Å². The molecule has 1 atom stereocenters. The van der Waals surface area contributed by atoms with Crippen molar-refractivity contribution < 1.29 is 4.39 Å². The van der Waals surface area contributed by atoms with Gasteiger partial charge >= 0.3 is 0 Å². The highest BCUT2D eigenvalue weighted by atomic mass is 19.1. The number of nitrogens with one attached hydrogen (secondary N) is 1. The molecule has 1 aliphatic rings. The van der Waals surface area contributed by atoms with E-state index >= 15 is 0 Å². The molecule has 0 spiro atoms. The van der Waals surface area contributed by atoms with Crippen molar-refractivity contribution in [3.8, 4) is 12.5 Å². The SMILES string of the molecule is C#CNCC1=CCC(CCc2cccc(F)c2)C=C1. The van der Waals surface area contributed by atoms with Crippen molar-refractivity contribution in [2.24, 2.45) is 5.92 Å². The minimum atomic E-state index is -0.153. The maximum Gasteiger partial charge on any atom is 0.123 e. The molecule has 1 N–H and O–H groups in total. The first-order chi connectivity index (χ1) is 9.28. The van der Waals surface area contributed by atoms with Crippen molar-refractivity contribution in [2.45, 2.75) is 19.3 Å². The zero-order valence-electron chi connectivity index (χ0n) is 10.9. The van der Waals surface area contributed by atoms with E-state index in [0.29, 0.717) is 5.92 Å². The van der Waals surface area contributed by atoms with Gasteiger partial charge < -0.3 is 5.32 Å². The molecule has 0 heterocycles. The van der Waals surface area contributed by atoms with Crippen molar-refractivity contribution in [3.05, 3.63) is 59.4 Å². The van der Waals surface area contributed by atoms with Crippen molar-refractivity contribution in [3.63, 3.8) is 0 Å². The standard InChI is InChI=1S/C17H18FN/c1-2-19-13-16-10-7-14(8-11-16)6-9-15-4-3-5-17(18)12-15/h1,3-5,7,10-12,14,19H,6,8-9,13H2. The van der Waals surface area contributed by atoms with Gasteiger partial charge in [0.25, 0.3) is 0 Å². The van der Waals surface area contributed by atoms with E-state index in [9.17, 15) is 4.39 Å². The summed E-state index contributed by atoms with van der Waals surface area (Å²) in [6.45, 7) is 0.726. The Bertz CT molecular complexity index is 522. The topological polar surface area (TPSA) is 12.0 Å². The van der Waals surface area contributed by atoms with E-state index in [1.807, 2.05) is 6.07 Å². The van der Waals surface area contributed by atoms with Gasteiger partial charge in [-0.15, -0.1) is 0 Å². The molecule has 19 heavy (non-hydrogen) atoms. The lowest BCUT2D eigenvalue weighted by Crippen LogP contribution is -2.11. The second-order valence-corrected chi connectivity index (χ2v) is 4.80. The van der Waals surface area contributed by atoms with E-state index in [0.717, 1.165) is 31.4 Å². The average molecular weight is 255 g/mol. The summed E-state index contributed by atoms with van der Waals surface area (Å²) in [7, 11) is 0. The van der Waals surface area contributed by atoms with E-state index in [2.05, 4.69) is 29.6 Å². The Morgan fingerprint density at radius 1 is 1.42 bits per heavy atom. The van der Waals surface area contributed by atoms with E-state index in [4.69, 9.17) is 6.42 Å². The van der Waals surface area contributed by atoms with Crippen LogP contribution in [0.25, 0.3) is 0 Å². The highest BCUT2D eigenvalue weighted by Crippen LogP contribution is 2.21.